The highest BCUT2D eigenvalue weighted by Gasteiger charge is 2.06. The molecular weight excluding hydrogens is 216 g/mol. The first-order valence-corrected chi connectivity index (χ1v) is 5.59. The molecular formula is C13H18N2O2. The zero-order valence-electron chi connectivity index (χ0n) is 10.6. The molecule has 1 aromatic carbocycles. The van der Waals surface area contributed by atoms with Crippen molar-refractivity contribution in [1.29, 1.82) is 0 Å². The molecule has 0 saturated heterocycles. The molecule has 0 aliphatic carbocycles. The molecule has 4 heteroatoms. The molecule has 0 aliphatic rings. The quantitative estimate of drug-likeness (QED) is 0.734. The van der Waals surface area contributed by atoms with Gasteiger partial charge in [-0.25, -0.2) is 0 Å². The van der Waals surface area contributed by atoms with Gasteiger partial charge >= 0.3 is 0 Å². The number of benzene rings is 1. The Bertz CT molecular complexity index is 600. The minimum absolute atomic E-state index is 0.183. The molecule has 92 valence electrons. The second-order valence-electron chi connectivity index (χ2n) is 3.66. The van der Waals surface area contributed by atoms with E-state index in [-0.39, 0.29) is 17.0 Å². The number of anilines is 1. The molecule has 2 rings (SSSR count). The van der Waals surface area contributed by atoms with E-state index in [9.17, 15) is 9.90 Å². The lowest BCUT2D eigenvalue weighted by Crippen LogP contribution is -2.20. The maximum absolute atomic E-state index is 11.5. The van der Waals surface area contributed by atoms with E-state index in [1.165, 1.54) is 4.57 Å². The second-order valence-corrected chi connectivity index (χ2v) is 3.66. The van der Waals surface area contributed by atoms with Gasteiger partial charge in [-0.05, 0) is 24.6 Å². The van der Waals surface area contributed by atoms with Crippen LogP contribution in [0.4, 0.5) is 5.69 Å². The zero-order chi connectivity index (χ0) is 13.2. The predicted octanol–water partition coefficient (Wildman–Crippen LogP) is 2.16. The van der Waals surface area contributed by atoms with Crippen LogP contribution >= 0.6 is 0 Å². The highest BCUT2D eigenvalue weighted by Crippen LogP contribution is 2.23. The number of aryl methyl sites for hydroxylation is 2. The minimum atomic E-state index is -0.245. The van der Waals surface area contributed by atoms with Crippen LogP contribution in [-0.2, 0) is 7.05 Å². The van der Waals surface area contributed by atoms with E-state index < -0.39 is 0 Å². The standard InChI is InChI=1S/C11H12N2O2.C2H6/c1-6-3-7-4-8(12)11(15)13(2)9(7)5-10(6)14;1-2/h3-5,14H,12H2,1-2H3;1-2H3. The largest absolute Gasteiger partial charge is 0.508 e. The highest BCUT2D eigenvalue weighted by molar-refractivity contribution is 5.84. The summed E-state index contributed by atoms with van der Waals surface area (Å²) in [5, 5.41) is 10.4. The average Bonchev–Trinajstić information content (AvgIpc) is 2.32. The molecule has 0 radical (unpaired) electrons. The number of aromatic hydroxyl groups is 1. The Hall–Kier alpha value is -1.97. The molecule has 0 atom stereocenters. The summed E-state index contributed by atoms with van der Waals surface area (Å²) in [6, 6.07) is 5.01. The number of fused-ring (bicyclic) bond motifs is 1. The first kappa shape index (κ1) is 13.1. The SMILES string of the molecule is CC.Cc1cc2cc(N)c(=O)n(C)c2cc1O. The highest BCUT2D eigenvalue weighted by atomic mass is 16.3. The Morgan fingerprint density at radius 3 is 2.41 bits per heavy atom. The van der Waals surface area contributed by atoms with Crippen LogP contribution in [0.2, 0.25) is 0 Å². The number of aromatic nitrogens is 1. The molecule has 3 N–H and O–H groups in total. The van der Waals surface area contributed by atoms with E-state index in [2.05, 4.69) is 0 Å². The molecule has 2 aromatic rings. The molecule has 0 bridgehead atoms. The number of hydrogen-bond donors (Lipinski definition) is 2. The van der Waals surface area contributed by atoms with Gasteiger partial charge in [0.05, 0.1) is 11.2 Å². The van der Waals surface area contributed by atoms with Crippen molar-refractivity contribution < 1.29 is 5.11 Å². The molecule has 0 fully saturated rings. The number of pyridine rings is 1. The Labute approximate surface area is 100 Å². The maximum Gasteiger partial charge on any atom is 0.273 e. The van der Waals surface area contributed by atoms with E-state index >= 15 is 0 Å². The van der Waals surface area contributed by atoms with Gasteiger partial charge in [-0.3, -0.25) is 4.79 Å². The van der Waals surface area contributed by atoms with Gasteiger partial charge in [0, 0.05) is 18.5 Å². The van der Waals surface area contributed by atoms with Crippen molar-refractivity contribution in [3.05, 3.63) is 34.1 Å². The van der Waals surface area contributed by atoms with Crippen molar-refractivity contribution >= 4 is 16.6 Å². The Morgan fingerprint density at radius 1 is 1.24 bits per heavy atom. The van der Waals surface area contributed by atoms with Crippen LogP contribution in [0.3, 0.4) is 0 Å². The van der Waals surface area contributed by atoms with E-state index in [0.29, 0.717) is 5.52 Å². The van der Waals surface area contributed by atoms with Gasteiger partial charge in [0.25, 0.3) is 5.56 Å². The number of hydrogen-bond acceptors (Lipinski definition) is 3. The lowest BCUT2D eigenvalue weighted by molar-refractivity contribution is 0.471. The minimum Gasteiger partial charge on any atom is -0.508 e. The summed E-state index contributed by atoms with van der Waals surface area (Å²) in [5.41, 5.74) is 6.99. The molecule has 4 nitrogen and oxygen atoms in total. The number of nitrogens with zero attached hydrogens (tertiary/aromatic N) is 1. The van der Waals surface area contributed by atoms with Gasteiger partial charge in [-0.2, -0.15) is 0 Å². The van der Waals surface area contributed by atoms with E-state index in [0.717, 1.165) is 10.9 Å². The number of rotatable bonds is 0. The molecule has 0 aliphatic heterocycles. The zero-order valence-corrected chi connectivity index (χ0v) is 10.6. The smallest absolute Gasteiger partial charge is 0.273 e. The van der Waals surface area contributed by atoms with Gasteiger partial charge < -0.3 is 15.4 Å². The van der Waals surface area contributed by atoms with Gasteiger partial charge in [0.15, 0.2) is 0 Å². The molecule has 1 heterocycles. The van der Waals surface area contributed by atoms with Crippen LogP contribution in [-0.4, -0.2) is 9.67 Å². The average molecular weight is 234 g/mol. The van der Waals surface area contributed by atoms with E-state index in [1.807, 2.05) is 13.8 Å². The Balaban J connectivity index is 0.000000686. The van der Waals surface area contributed by atoms with Gasteiger partial charge in [-0.15, -0.1) is 0 Å². The number of nitrogens with two attached hydrogens (primary N) is 1. The van der Waals surface area contributed by atoms with E-state index in [4.69, 9.17) is 5.73 Å². The van der Waals surface area contributed by atoms with Crippen LogP contribution in [0.15, 0.2) is 23.0 Å². The molecule has 0 spiro atoms. The van der Waals surface area contributed by atoms with Crippen LogP contribution in [0, 0.1) is 6.92 Å². The van der Waals surface area contributed by atoms with Crippen LogP contribution in [0.1, 0.15) is 19.4 Å². The summed E-state index contributed by atoms with van der Waals surface area (Å²) in [6.07, 6.45) is 0. The number of phenols is 1. The first-order chi connectivity index (χ1) is 8.00. The van der Waals surface area contributed by atoms with Crippen molar-refractivity contribution in [2.24, 2.45) is 7.05 Å². The van der Waals surface area contributed by atoms with Crippen molar-refractivity contribution in [2.45, 2.75) is 20.8 Å². The van der Waals surface area contributed by atoms with Crippen molar-refractivity contribution in [3.63, 3.8) is 0 Å². The van der Waals surface area contributed by atoms with Crippen LogP contribution in [0.5, 0.6) is 5.75 Å². The molecule has 17 heavy (non-hydrogen) atoms. The second kappa shape index (κ2) is 4.91. The summed E-state index contributed by atoms with van der Waals surface area (Å²) < 4.78 is 1.43. The molecule has 0 amide bonds. The number of phenolic OH excluding ortho intramolecular Hbond substituents is 1. The van der Waals surface area contributed by atoms with Crippen LogP contribution < -0.4 is 11.3 Å². The monoisotopic (exact) mass is 234 g/mol. The first-order valence-electron chi connectivity index (χ1n) is 5.59. The maximum atomic E-state index is 11.5. The van der Waals surface area contributed by atoms with E-state index in [1.54, 1.807) is 32.2 Å². The lowest BCUT2D eigenvalue weighted by atomic mass is 10.1. The molecule has 0 unspecified atom stereocenters. The van der Waals surface area contributed by atoms with Gasteiger partial charge in [-0.1, -0.05) is 13.8 Å². The Kier molecular flexibility index (Phi) is 3.78. The lowest BCUT2D eigenvalue weighted by Gasteiger charge is -2.08. The summed E-state index contributed by atoms with van der Waals surface area (Å²) >= 11 is 0. The third-order valence-electron chi connectivity index (χ3n) is 2.57. The summed E-state index contributed by atoms with van der Waals surface area (Å²) in [5.74, 6) is 0.183. The van der Waals surface area contributed by atoms with Crippen molar-refractivity contribution in [2.75, 3.05) is 5.73 Å². The topological polar surface area (TPSA) is 68.2 Å². The predicted molar refractivity (Wildman–Crippen MR) is 71.4 cm³/mol. The van der Waals surface area contributed by atoms with Gasteiger partial charge in [0.1, 0.15) is 5.75 Å². The normalized spacial score (nSPS) is 9.88. The molecule has 0 saturated carbocycles. The van der Waals surface area contributed by atoms with Crippen molar-refractivity contribution in [3.8, 4) is 5.75 Å². The fourth-order valence-electron chi connectivity index (χ4n) is 1.65. The third-order valence-corrected chi connectivity index (χ3v) is 2.57. The van der Waals surface area contributed by atoms with Crippen LogP contribution in [0.25, 0.3) is 10.9 Å². The summed E-state index contributed by atoms with van der Waals surface area (Å²) in [6.45, 7) is 5.80. The Morgan fingerprint density at radius 2 is 1.82 bits per heavy atom. The summed E-state index contributed by atoms with van der Waals surface area (Å²) in [7, 11) is 1.63. The summed E-state index contributed by atoms with van der Waals surface area (Å²) in [4.78, 5) is 11.5. The fourth-order valence-corrected chi connectivity index (χ4v) is 1.65. The third kappa shape index (κ3) is 2.25. The van der Waals surface area contributed by atoms with Crippen molar-refractivity contribution in [1.82, 2.24) is 4.57 Å². The number of nitrogen functional groups attached to an aromatic ring is 1. The molecule has 1 aromatic heterocycles. The fraction of sp³-hybridized carbons (Fsp3) is 0.308. The van der Waals surface area contributed by atoms with Gasteiger partial charge in [0.2, 0.25) is 0 Å².